The van der Waals surface area contributed by atoms with Crippen molar-refractivity contribution in [2.75, 3.05) is 23.0 Å². The summed E-state index contributed by atoms with van der Waals surface area (Å²) >= 11 is 13.6. The molecule has 6 heteroatoms. The van der Waals surface area contributed by atoms with Crippen LogP contribution in [0.1, 0.15) is 6.92 Å². The molecule has 15 heavy (non-hydrogen) atoms. The molecule has 0 aromatic carbocycles. The predicted molar refractivity (Wildman–Crippen MR) is 66.2 cm³/mol. The van der Waals surface area contributed by atoms with Crippen molar-refractivity contribution in [3.05, 3.63) is 16.5 Å². The summed E-state index contributed by atoms with van der Waals surface area (Å²) in [6.07, 6.45) is 0. The Morgan fingerprint density at radius 3 is 2.93 bits per heavy atom. The van der Waals surface area contributed by atoms with E-state index in [1.807, 2.05) is 11.8 Å². The molecule has 0 aliphatic carbocycles. The van der Waals surface area contributed by atoms with Crippen LogP contribution >= 0.6 is 35.0 Å². The third-order valence-electron chi connectivity index (χ3n) is 2.32. The molecule has 1 atom stereocenters. The van der Waals surface area contributed by atoms with Gasteiger partial charge in [-0.3, -0.25) is 0 Å². The van der Waals surface area contributed by atoms with Gasteiger partial charge in [-0.1, -0.05) is 11.6 Å². The van der Waals surface area contributed by atoms with E-state index in [0.29, 0.717) is 11.2 Å². The molecule has 0 saturated carbocycles. The van der Waals surface area contributed by atoms with E-state index < -0.39 is 0 Å². The molecule has 0 spiro atoms. The number of halogens is 2. The lowest BCUT2D eigenvalue weighted by Crippen LogP contribution is -2.40. The highest BCUT2D eigenvalue weighted by atomic mass is 35.5. The Labute approximate surface area is 103 Å². The minimum Gasteiger partial charge on any atom is -0.352 e. The zero-order valence-corrected chi connectivity index (χ0v) is 10.6. The smallest absolute Gasteiger partial charge is 0.225 e. The molecular weight excluding hydrogens is 253 g/mol. The van der Waals surface area contributed by atoms with Crippen LogP contribution < -0.4 is 4.90 Å². The highest BCUT2D eigenvalue weighted by Crippen LogP contribution is 2.24. The Bertz CT molecular complexity index is 341. The molecule has 1 aromatic rings. The minimum atomic E-state index is 0.211. The van der Waals surface area contributed by atoms with Crippen LogP contribution in [0.3, 0.4) is 0 Å². The molecule has 0 radical (unpaired) electrons. The molecule has 0 N–H and O–H groups in total. The minimum absolute atomic E-state index is 0.211. The first-order chi connectivity index (χ1) is 7.16. The number of nitrogens with zero attached hydrogens (tertiary/aromatic N) is 3. The van der Waals surface area contributed by atoms with Gasteiger partial charge in [0.25, 0.3) is 0 Å². The van der Waals surface area contributed by atoms with Gasteiger partial charge in [0.2, 0.25) is 5.28 Å². The van der Waals surface area contributed by atoms with Gasteiger partial charge >= 0.3 is 0 Å². The van der Waals surface area contributed by atoms with E-state index in [2.05, 4.69) is 21.8 Å². The first kappa shape index (κ1) is 11.3. The Balaban J connectivity index is 2.27. The first-order valence-corrected chi connectivity index (χ1v) is 6.62. The van der Waals surface area contributed by atoms with Gasteiger partial charge in [-0.15, -0.1) is 0 Å². The summed E-state index contributed by atoms with van der Waals surface area (Å²) in [6.45, 7) is 3.16. The van der Waals surface area contributed by atoms with Crippen molar-refractivity contribution in [1.29, 1.82) is 0 Å². The number of anilines is 1. The summed E-state index contributed by atoms with van der Waals surface area (Å²) in [5.41, 5.74) is 0. The van der Waals surface area contributed by atoms with Crippen LogP contribution in [0.15, 0.2) is 6.07 Å². The molecule has 0 bridgehead atoms. The zero-order chi connectivity index (χ0) is 10.8. The SMILES string of the molecule is CC1CSCCN1c1cc(Cl)nc(Cl)n1. The maximum atomic E-state index is 5.85. The summed E-state index contributed by atoms with van der Waals surface area (Å²) in [7, 11) is 0. The predicted octanol–water partition coefficient (Wildman–Crippen LogP) is 2.73. The second-order valence-electron chi connectivity index (χ2n) is 3.44. The molecule has 1 saturated heterocycles. The van der Waals surface area contributed by atoms with Crippen molar-refractivity contribution in [3.63, 3.8) is 0 Å². The number of hydrogen-bond donors (Lipinski definition) is 0. The van der Waals surface area contributed by atoms with Gasteiger partial charge in [-0.2, -0.15) is 11.8 Å². The monoisotopic (exact) mass is 263 g/mol. The largest absolute Gasteiger partial charge is 0.352 e. The van der Waals surface area contributed by atoms with E-state index in [-0.39, 0.29) is 5.28 Å². The highest BCUT2D eigenvalue weighted by Gasteiger charge is 2.20. The first-order valence-electron chi connectivity index (χ1n) is 4.71. The maximum Gasteiger partial charge on any atom is 0.225 e. The molecule has 1 unspecified atom stereocenters. The Morgan fingerprint density at radius 2 is 2.27 bits per heavy atom. The van der Waals surface area contributed by atoms with Crippen molar-refractivity contribution in [3.8, 4) is 0 Å². The highest BCUT2D eigenvalue weighted by molar-refractivity contribution is 7.99. The van der Waals surface area contributed by atoms with E-state index in [1.165, 1.54) is 0 Å². The van der Waals surface area contributed by atoms with Crippen LogP contribution in [0.25, 0.3) is 0 Å². The fourth-order valence-electron chi connectivity index (χ4n) is 1.59. The molecule has 0 amide bonds. The number of hydrogen-bond acceptors (Lipinski definition) is 4. The van der Waals surface area contributed by atoms with Crippen molar-refractivity contribution in [1.82, 2.24) is 9.97 Å². The summed E-state index contributed by atoms with van der Waals surface area (Å²) in [5.74, 6) is 3.05. The number of aromatic nitrogens is 2. The third kappa shape index (κ3) is 2.68. The van der Waals surface area contributed by atoms with Gasteiger partial charge in [-0.25, -0.2) is 9.97 Å². The quantitative estimate of drug-likeness (QED) is 0.576. The van der Waals surface area contributed by atoms with E-state index in [0.717, 1.165) is 23.9 Å². The number of rotatable bonds is 1. The summed E-state index contributed by atoms with van der Waals surface area (Å²) in [6, 6.07) is 2.23. The lowest BCUT2D eigenvalue weighted by Gasteiger charge is -2.33. The van der Waals surface area contributed by atoms with Crippen molar-refractivity contribution < 1.29 is 0 Å². The molecular formula is C9H11Cl2N3S. The molecule has 1 aliphatic rings. The average Bonchev–Trinajstić information content (AvgIpc) is 2.16. The van der Waals surface area contributed by atoms with Crippen molar-refractivity contribution in [2.24, 2.45) is 0 Å². The van der Waals surface area contributed by atoms with Gasteiger partial charge in [0.05, 0.1) is 0 Å². The fourth-order valence-corrected chi connectivity index (χ4v) is 3.01. The number of thioether (sulfide) groups is 1. The van der Waals surface area contributed by atoms with Crippen LogP contribution in [0.5, 0.6) is 0 Å². The molecule has 1 aromatic heterocycles. The molecule has 82 valence electrons. The normalized spacial score (nSPS) is 21.8. The Kier molecular flexibility index (Phi) is 3.59. The van der Waals surface area contributed by atoms with Crippen molar-refractivity contribution >= 4 is 40.8 Å². The second kappa shape index (κ2) is 4.76. The van der Waals surface area contributed by atoms with Gasteiger partial charge in [0.15, 0.2) is 0 Å². The van der Waals surface area contributed by atoms with Crippen LogP contribution in [0, 0.1) is 0 Å². The molecule has 1 aliphatic heterocycles. The Morgan fingerprint density at radius 1 is 1.47 bits per heavy atom. The van der Waals surface area contributed by atoms with E-state index in [9.17, 15) is 0 Å². The van der Waals surface area contributed by atoms with Gasteiger partial charge < -0.3 is 4.90 Å². The lowest BCUT2D eigenvalue weighted by atomic mass is 10.3. The van der Waals surface area contributed by atoms with E-state index in [1.54, 1.807) is 6.07 Å². The van der Waals surface area contributed by atoms with E-state index >= 15 is 0 Å². The van der Waals surface area contributed by atoms with Crippen molar-refractivity contribution in [2.45, 2.75) is 13.0 Å². The molecule has 1 fully saturated rings. The van der Waals surface area contributed by atoms with Crippen LogP contribution in [-0.2, 0) is 0 Å². The summed E-state index contributed by atoms with van der Waals surface area (Å²) in [4.78, 5) is 10.3. The van der Waals surface area contributed by atoms with Gasteiger partial charge in [-0.05, 0) is 18.5 Å². The molecule has 3 nitrogen and oxygen atoms in total. The fraction of sp³-hybridized carbons (Fsp3) is 0.556. The maximum absolute atomic E-state index is 5.85. The van der Waals surface area contributed by atoms with E-state index in [4.69, 9.17) is 23.2 Å². The summed E-state index contributed by atoms with van der Waals surface area (Å²) in [5, 5.41) is 0.610. The van der Waals surface area contributed by atoms with Crippen LogP contribution in [0.4, 0.5) is 5.82 Å². The summed E-state index contributed by atoms with van der Waals surface area (Å²) < 4.78 is 0. The van der Waals surface area contributed by atoms with Gasteiger partial charge in [0.1, 0.15) is 11.0 Å². The molecule has 2 heterocycles. The lowest BCUT2D eigenvalue weighted by molar-refractivity contribution is 0.688. The van der Waals surface area contributed by atoms with Gasteiger partial charge in [0, 0.05) is 30.2 Å². The standard InChI is InChI=1S/C9H11Cl2N3S/c1-6-5-15-3-2-14(6)8-4-7(10)12-9(11)13-8/h4,6H,2-3,5H2,1H3. The topological polar surface area (TPSA) is 29.0 Å². The van der Waals surface area contributed by atoms with Crippen LogP contribution in [0.2, 0.25) is 10.4 Å². The second-order valence-corrected chi connectivity index (χ2v) is 5.31. The third-order valence-corrected chi connectivity index (χ3v) is 3.87. The average molecular weight is 264 g/mol. The zero-order valence-electron chi connectivity index (χ0n) is 8.28. The Hall–Kier alpha value is -0.190. The van der Waals surface area contributed by atoms with Crippen LogP contribution in [-0.4, -0.2) is 34.1 Å². The molecule has 2 rings (SSSR count).